The number of pyridine rings is 1. The number of aromatic nitrogens is 1. The third kappa shape index (κ3) is 3.33. The van der Waals surface area contributed by atoms with Crippen molar-refractivity contribution in [2.75, 3.05) is 5.32 Å². The maximum Gasteiger partial charge on any atom is 0.339 e. The SMILES string of the molecule is CC(Nc1ncc(F)cc1C(=O)O)c1ccc(Br)cc1. The molecule has 0 saturated heterocycles. The molecule has 4 nitrogen and oxygen atoms in total. The zero-order valence-electron chi connectivity index (χ0n) is 10.6. The first-order chi connectivity index (χ1) is 9.47. The van der Waals surface area contributed by atoms with Gasteiger partial charge in [0.25, 0.3) is 0 Å². The lowest BCUT2D eigenvalue weighted by atomic mass is 10.1. The fourth-order valence-electron chi connectivity index (χ4n) is 1.76. The van der Waals surface area contributed by atoms with Crippen molar-refractivity contribution in [2.24, 2.45) is 0 Å². The third-order valence-corrected chi connectivity index (χ3v) is 3.34. The van der Waals surface area contributed by atoms with Crippen LogP contribution in [0.3, 0.4) is 0 Å². The van der Waals surface area contributed by atoms with Crippen molar-refractivity contribution in [2.45, 2.75) is 13.0 Å². The summed E-state index contributed by atoms with van der Waals surface area (Å²) in [5.41, 5.74) is 0.782. The average Bonchev–Trinajstić information content (AvgIpc) is 2.41. The summed E-state index contributed by atoms with van der Waals surface area (Å²) in [6, 6.07) is 8.40. The van der Waals surface area contributed by atoms with Gasteiger partial charge in [-0.3, -0.25) is 0 Å². The van der Waals surface area contributed by atoms with Gasteiger partial charge >= 0.3 is 5.97 Å². The van der Waals surface area contributed by atoms with Crippen molar-refractivity contribution >= 4 is 27.7 Å². The van der Waals surface area contributed by atoms with Crippen LogP contribution in [0.2, 0.25) is 0 Å². The monoisotopic (exact) mass is 338 g/mol. The molecule has 1 unspecified atom stereocenters. The van der Waals surface area contributed by atoms with Crippen molar-refractivity contribution < 1.29 is 14.3 Å². The molecule has 20 heavy (non-hydrogen) atoms. The molecule has 1 heterocycles. The number of aromatic carboxylic acids is 1. The Morgan fingerprint density at radius 3 is 2.65 bits per heavy atom. The highest BCUT2D eigenvalue weighted by Gasteiger charge is 2.15. The molecule has 0 fully saturated rings. The molecule has 2 rings (SSSR count). The number of hydrogen-bond donors (Lipinski definition) is 2. The van der Waals surface area contributed by atoms with E-state index >= 15 is 0 Å². The number of carbonyl (C=O) groups is 1. The number of halogens is 2. The Bertz CT molecular complexity index is 632. The van der Waals surface area contributed by atoms with Crippen LogP contribution in [0.5, 0.6) is 0 Å². The van der Waals surface area contributed by atoms with E-state index in [0.717, 1.165) is 22.3 Å². The molecule has 104 valence electrons. The van der Waals surface area contributed by atoms with E-state index in [4.69, 9.17) is 5.11 Å². The van der Waals surface area contributed by atoms with Crippen LogP contribution in [0.15, 0.2) is 41.0 Å². The van der Waals surface area contributed by atoms with E-state index in [2.05, 4.69) is 26.2 Å². The Morgan fingerprint density at radius 1 is 1.40 bits per heavy atom. The zero-order valence-corrected chi connectivity index (χ0v) is 12.2. The molecule has 2 N–H and O–H groups in total. The van der Waals surface area contributed by atoms with Gasteiger partial charge in [0, 0.05) is 10.5 Å². The second kappa shape index (κ2) is 6.00. The molecule has 0 amide bonds. The summed E-state index contributed by atoms with van der Waals surface area (Å²) < 4.78 is 14.0. The predicted molar refractivity (Wildman–Crippen MR) is 77.3 cm³/mol. The highest BCUT2D eigenvalue weighted by Crippen LogP contribution is 2.22. The Hall–Kier alpha value is -1.95. The molecule has 6 heteroatoms. The second-order valence-corrected chi connectivity index (χ2v) is 5.19. The standard InChI is InChI=1S/C14H12BrFN2O2/c1-8(9-2-4-10(15)5-3-9)18-13-12(14(19)20)6-11(16)7-17-13/h2-8H,1H3,(H,17,18)(H,19,20). The molecule has 0 bridgehead atoms. The summed E-state index contributed by atoms with van der Waals surface area (Å²) in [6.45, 7) is 1.87. The highest BCUT2D eigenvalue weighted by atomic mass is 79.9. The number of carboxylic acids is 1. The zero-order chi connectivity index (χ0) is 14.7. The van der Waals surface area contributed by atoms with Gasteiger partial charge in [-0.25, -0.2) is 14.2 Å². The van der Waals surface area contributed by atoms with Crippen LogP contribution in [-0.4, -0.2) is 16.1 Å². The second-order valence-electron chi connectivity index (χ2n) is 4.27. The van der Waals surface area contributed by atoms with Gasteiger partial charge < -0.3 is 10.4 Å². The van der Waals surface area contributed by atoms with E-state index in [9.17, 15) is 9.18 Å². The topological polar surface area (TPSA) is 62.2 Å². The number of nitrogens with zero attached hydrogens (tertiary/aromatic N) is 1. The lowest BCUT2D eigenvalue weighted by molar-refractivity contribution is 0.0697. The van der Waals surface area contributed by atoms with E-state index in [-0.39, 0.29) is 17.4 Å². The molecule has 0 aliphatic rings. The molecular formula is C14H12BrFN2O2. The molecule has 0 aliphatic carbocycles. The number of benzene rings is 1. The smallest absolute Gasteiger partial charge is 0.339 e. The molecule has 1 aromatic heterocycles. The van der Waals surface area contributed by atoms with Crippen LogP contribution in [0.25, 0.3) is 0 Å². The van der Waals surface area contributed by atoms with Gasteiger partial charge in [-0.2, -0.15) is 0 Å². The van der Waals surface area contributed by atoms with Crippen LogP contribution in [-0.2, 0) is 0 Å². The summed E-state index contributed by atoms with van der Waals surface area (Å²) in [5, 5.41) is 12.0. The average molecular weight is 339 g/mol. The lowest BCUT2D eigenvalue weighted by Gasteiger charge is -2.16. The first-order valence-corrected chi connectivity index (χ1v) is 6.67. The normalized spacial score (nSPS) is 11.9. The number of nitrogens with one attached hydrogen (secondary N) is 1. The van der Waals surface area contributed by atoms with Crippen LogP contribution in [0, 0.1) is 5.82 Å². The molecule has 1 atom stereocenters. The van der Waals surface area contributed by atoms with Crippen molar-refractivity contribution in [3.63, 3.8) is 0 Å². The van der Waals surface area contributed by atoms with Gasteiger partial charge in [-0.05, 0) is 30.7 Å². The van der Waals surface area contributed by atoms with Crippen molar-refractivity contribution in [3.8, 4) is 0 Å². The van der Waals surface area contributed by atoms with E-state index < -0.39 is 11.8 Å². The minimum absolute atomic E-state index is 0.148. The van der Waals surface area contributed by atoms with Crippen molar-refractivity contribution in [1.29, 1.82) is 0 Å². The fourth-order valence-corrected chi connectivity index (χ4v) is 2.02. The Balaban J connectivity index is 2.25. The van der Waals surface area contributed by atoms with E-state index in [1.54, 1.807) is 0 Å². The lowest BCUT2D eigenvalue weighted by Crippen LogP contribution is -2.12. The van der Waals surface area contributed by atoms with Crippen molar-refractivity contribution in [1.82, 2.24) is 4.98 Å². The van der Waals surface area contributed by atoms with Gasteiger partial charge in [0.15, 0.2) is 0 Å². The fraction of sp³-hybridized carbons (Fsp3) is 0.143. The first kappa shape index (κ1) is 14.5. The molecule has 0 spiro atoms. The third-order valence-electron chi connectivity index (χ3n) is 2.81. The summed E-state index contributed by atoms with van der Waals surface area (Å²) in [7, 11) is 0. The molecule has 2 aromatic rings. The predicted octanol–water partition coefficient (Wildman–Crippen LogP) is 3.85. The van der Waals surface area contributed by atoms with Gasteiger partial charge in [0.2, 0.25) is 0 Å². The minimum Gasteiger partial charge on any atom is -0.478 e. The van der Waals surface area contributed by atoms with Crippen LogP contribution in [0.1, 0.15) is 28.9 Å². The van der Waals surface area contributed by atoms with Gasteiger partial charge in [-0.1, -0.05) is 28.1 Å². The maximum absolute atomic E-state index is 13.1. The summed E-state index contributed by atoms with van der Waals surface area (Å²) in [5.74, 6) is -1.75. The first-order valence-electron chi connectivity index (χ1n) is 5.88. The molecule has 1 aromatic carbocycles. The number of rotatable bonds is 4. The molecule has 0 saturated carbocycles. The molecular weight excluding hydrogens is 327 g/mol. The van der Waals surface area contributed by atoms with Crippen LogP contribution < -0.4 is 5.32 Å². The summed E-state index contributed by atoms with van der Waals surface area (Å²) in [6.07, 6.45) is 0.989. The van der Waals surface area contributed by atoms with Crippen molar-refractivity contribution in [3.05, 3.63) is 57.9 Å². The molecule has 0 aliphatic heterocycles. The number of hydrogen-bond acceptors (Lipinski definition) is 3. The van der Waals surface area contributed by atoms with E-state index in [1.165, 1.54) is 0 Å². The van der Waals surface area contributed by atoms with E-state index in [1.807, 2.05) is 31.2 Å². The van der Waals surface area contributed by atoms with E-state index in [0.29, 0.717) is 0 Å². The minimum atomic E-state index is -1.22. The summed E-state index contributed by atoms with van der Waals surface area (Å²) in [4.78, 5) is 14.9. The van der Waals surface area contributed by atoms with Gasteiger partial charge in [0.05, 0.1) is 6.20 Å². The maximum atomic E-state index is 13.1. The molecule has 0 radical (unpaired) electrons. The largest absolute Gasteiger partial charge is 0.478 e. The summed E-state index contributed by atoms with van der Waals surface area (Å²) >= 11 is 3.35. The number of anilines is 1. The Labute approximate surface area is 123 Å². The Kier molecular flexibility index (Phi) is 4.34. The van der Waals surface area contributed by atoms with Crippen LogP contribution >= 0.6 is 15.9 Å². The number of carboxylic acid groups (broad SMARTS) is 1. The highest BCUT2D eigenvalue weighted by molar-refractivity contribution is 9.10. The van der Waals surface area contributed by atoms with Crippen LogP contribution in [0.4, 0.5) is 10.2 Å². The van der Waals surface area contributed by atoms with Gasteiger partial charge in [0.1, 0.15) is 17.2 Å². The quantitative estimate of drug-likeness (QED) is 0.888. The van der Waals surface area contributed by atoms with Gasteiger partial charge in [-0.15, -0.1) is 0 Å². The Morgan fingerprint density at radius 2 is 2.05 bits per heavy atom.